The molecule has 1 aliphatic rings. The Bertz CT molecular complexity index is 889. The second kappa shape index (κ2) is 8.27. The molecule has 3 rings (SSSR count). The minimum absolute atomic E-state index is 0.0935. The smallest absolute Gasteiger partial charge is 0.277 e. The molecular formula is C21H20ClNO4. The minimum atomic E-state index is -0.543. The lowest BCUT2D eigenvalue weighted by Crippen LogP contribution is -2.31. The molecule has 6 heteroatoms. The van der Waals surface area contributed by atoms with E-state index in [9.17, 15) is 9.59 Å². The van der Waals surface area contributed by atoms with Crippen molar-refractivity contribution < 1.29 is 19.1 Å². The largest absolute Gasteiger partial charge is 0.494 e. The molecule has 0 aliphatic carbocycles. The van der Waals surface area contributed by atoms with E-state index in [2.05, 4.69) is 0 Å². The Hall–Kier alpha value is -2.79. The summed E-state index contributed by atoms with van der Waals surface area (Å²) in [4.78, 5) is 26.7. The highest BCUT2D eigenvalue weighted by Crippen LogP contribution is 2.36. The summed E-state index contributed by atoms with van der Waals surface area (Å²) in [6, 6.07) is 13.8. The Labute approximate surface area is 163 Å². The first-order chi connectivity index (χ1) is 13.1. The van der Waals surface area contributed by atoms with Crippen LogP contribution in [0.3, 0.4) is 0 Å². The van der Waals surface area contributed by atoms with Gasteiger partial charge in [0, 0.05) is 6.07 Å². The lowest BCUT2D eigenvalue weighted by Gasteiger charge is -2.16. The van der Waals surface area contributed by atoms with Gasteiger partial charge in [-0.2, -0.15) is 0 Å². The Morgan fingerprint density at radius 1 is 0.926 bits per heavy atom. The van der Waals surface area contributed by atoms with Gasteiger partial charge in [-0.1, -0.05) is 36.7 Å². The molecule has 2 aromatic carbocycles. The normalized spacial score (nSPS) is 14.1. The van der Waals surface area contributed by atoms with Crippen LogP contribution in [0.25, 0.3) is 5.57 Å². The third-order valence-corrected chi connectivity index (χ3v) is 4.38. The Morgan fingerprint density at radius 2 is 1.67 bits per heavy atom. The standard InChI is InChI=1S/C21H20ClNO4/c1-3-12-27-17-7-5-6-15(13-17)23-20(24)18(19(22)21(23)25)14-8-10-16(11-9-14)26-4-2/h5-11,13H,3-4,12H2,1-2H3. The molecule has 0 saturated carbocycles. The fourth-order valence-electron chi connectivity index (χ4n) is 2.80. The lowest BCUT2D eigenvalue weighted by molar-refractivity contribution is -0.119. The van der Waals surface area contributed by atoms with E-state index in [1.807, 2.05) is 13.8 Å². The summed E-state index contributed by atoms with van der Waals surface area (Å²) < 4.78 is 11.0. The van der Waals surface area contributed by atoms with Crippen molar-refractivity contribution in [2.45, 2.75) is 20.3 Å². The molecule has 2 aromatic rings. The van der Waals surface area contributed by atoms with Crippen molar-refractivity contribution in [3.8, 4) is 11.5 Å². The fraction of sp³-hybridized carbons (Fsp3) is 0.238. The molecule has 0 unspecified atom stereocenters. The van der Waals surface area contributed by atoms with Crippen molar-refractivity contribution in [2.24, 2.45) is 0 Å². The van der Waals surface area contributed by atoms with Crippen LogP contribution in [0.1, 0.15) is 25.8 Å². The molecule has 5 nitrogen and oxygen atoms in total. The number of halogens is 1. The van der Waals surface area contributed by atoms with Gasteiger partial charge >= 0.3 is 0 Å². The van der Waals surface area contributed by atoms with Crippen LogP contribution in [0.15, 0.2) is 53.6 Å². The van der Waals surface area contributed by atoms with E-state index in [1.165, 1.54) is 0 Å². The highest BCUT2D eigenvalue weighted by Gasteiger charge is 2.39. The van der Waals surface area contributed by atoms with Crippen molar-refractivity contribution in [1.29, 1.82) is 0 Å². The monoisotopic (exact) mass is 385 g/mol. The first-order valence-electron chi connectivity index (χ1n) is 8.81. The van der Waals surface area contributed by atoms with Crippen molar-refractivity contribution >= 4 is 34.7 Å². The van der Waals surface area contributed by atoms with E-state index in [4.69, 9.17) is 21.1 Å². The number of benzene rings is 2. The maximum atomic E-state index is 13.0. The molecule has 0 radical (unpaired) electrons. The van der Waals surface area contributed by atoms with Gasteiger partial charge in [-0.05, 0) is 43.2 Å². The quantitative estimate of drug-likeness (QED) is 0.663. The molecule has 0 N–H and O–H groups in total. The number of amides is 2. The summed E-state index contributed by atoms with van der Waals surface area (Å²) in [5.74, 6) is 0.285. The Kier molecular flexibility index (Phi) is 5.81. The minimum Gasteiger partial charge on any atom is -0.494 e. The first kappa shape index (κ1) is 19.0. The van der Waals surface area contributed by atoms with Gasteiger partial charge < -0.3 is 9.47 Å². The van der Waals surface area contributed by atoms with Crippen LogP contribution in [-0.2, 0) is 9.59 Å². The molecule has 2 amide bonds. The van der Waals surface area contributed by atoms with Gasteiger partial charge in [-0.3, -0.25) is 9.59 Å². The zero-order chi connectivity index (χ0) is 19.4. The lowest BCUT2D eigenvalue weighted by atomic mass is 10.1. The average molecular weight is 386 g/mol. The van der Waals surface area contributed by atoms with Crippen LogP contribution < -0.4 is 14.4 Å². The second-order valence-electron chi connectivity index (χ2n) is 5.94. The number of nitrogens with zero attached hydrogens (tertiary/aromatic N) is 1. The molecule has 140 valence electrons. The molecule has 0 fully saturated rings. The molecule has 0 saturated heterocycles. The molecule has 0 bridgehead atoms. The molecule has 27 heavy (non-hydrogen) atoms. The fourth-order valence-corrected chi connectivity index (χ4v) is 3.08. The predicted molar refractivity (Wildman–Crippen MR) is 105 cm³/mol. The number of carbonyl (C=O) groups excluding carboxylic acids is 2. The van der Waals surface area contributed by atoms with Gasteiger partial charge in [-0.15, -0.1) is 0 Å². The highest BCUT2D eigenvalue weighted by molar-refractivity contribution is 6.60. The number of hydrogen-bond donors (Lipinski definition) is 0. The summed E-state index contributed by atoms with van der Waals surface area (Å²) in [6.45, 7) is 5.00. The van der Waals surface area contributed by atoms with E-state index < -0.39 is 11.8 Å². The number of imide groups is 1. The topological polar surface area (TPSA) is 55.8 Å². The maximum Gasteiger partial charge on any atom is 0.277 e. The van der Waals surface area contributed by atoms with Crippen molar-refractivity contribution in [1.82, 2.24) is 0 Å². The predicted octanol–water partition coefficient (Wildman–Crippen LogP) is 4.40. The zero-order valence-corrected chi connectivity index (χ0v) is 16.0. The summed E-state index contributed by atoms with van der Waals surface area (Å²) >= 11 is 6.23. The van der Waals surface area contributed by atoms with Crippen LogP contribution in [-0.4, -0.2) is 25.0 Å². The van der Waals surface area contributed by atoms with E-state index in [0.29, 0.717) is 36.0 Å². The van der Waals surface area contributed by atoms with Gasteiger partial charge in [0.25, 0.3) is 11.8 Å². The van der Waals surface area contributed by atoms with Crippen LogP contribution in [0.2, 0.25) is 0 Å². The molecule has 0 aromatic heterocycles. The van der Waals surface area contributed by atoms with Crippen LogP contribution in [0.4, 0.5) is 5.69 Å². The number of ether oxygens (including phenoxy) is 2. The Morgan fingerprint density at radius 3 is 2.33 bits per heavy atom. The average Bonchev–Trinajstić information content (AvgIpc) is 2.90. The van der Waals surface area contributed by atoms with Gasteiger partial charge in [-0.25, -0.2) is 4.90 Å². The third-order valence-electron chi connectivity index (χ3n) is 4.03. The molecular weight excluding hydrogens is 366 g/mol. The highest BCUT2D eigenvalue weighted by atomic mass is 35.5. The van der Waals surface area contributed by atoms with Gasteiger partial charge in [0.05, 0.1) is 24.5 Å². The van der Waals surface area contributed by atoms with Crippen LogP contribution >= 0.6 is 11.6 Å². The summed E-state index contributed by atoms with van der Waals surface area (Å²) in [6.07, 6.45) is 0.862. The van der Waals surface area contributed by atoms with Crippen LogP contribution in [0.5, 0.6) is 11.5 Å². The first-order valence-corrected chi connectivity index (χ1v) is 9.19. The van der Waals surface area contributed by atoms with E-state index in [-0.39, 0.29) is 10.6 Å². The number of anilines is 1. The van der Waals surface area contributed by atoms with E-state index in [0.717, 1.165) is 11.3 Å². The second-order valence-corrected chi connectivity index (χ2v) is 6.32. The summed E-state index contributed by atoms with van der Waals surface area (Å²) in [5.41, 5.74) is 1.19. The SMILES string of the molecule is CCCOc1cccc(N2C(=O)C(Cl)=C(c3ccc(OCC)cc3)C2=O)c1. The van der Waals surface area contributed by atoms with Crippen molar-refractivity contribution in [3.63, 3.8) is 0 Å². The Balaban J connectivity index is 1.90. The molecule has 1 aliphatic heterocycles. The number of carbonyl (C=O) groups is 2. The number of hydrogen-bond acceptors (Lipinski definition) is 4. The van der Waals surface area contributed by atoms with Crippen molar-refractivity contribution in [3.05, 3.63) is 59.1 Å². The number of rotatable bonds is 7. The van der Waals surface area contributed by atoms with Crippen molar-refractivity contribution in [2.75, 3.05) is 18.1 Å². The van der Waals surface area contributed by atoms with Gasteiger partial charge in [0.2, 0.25) is 0 Å². The van der Waals surface area contributed by atoms with E-state index in [1.54, 1.807) is 48.5 Å². The third kappa shape index (κ3) is 3.83. The maximum absolute atomic E-state index is 13.0. The zero-order valence-electron chi connectivity index (χ0n) is 15.2. The molecule has 1 heterocycles. The molecule has 0 spiro atoms. The van der Waals surface area contributed by atoms with Crippen LogP contribution in [0, 0.1) is 0 Å². The van der Waals surface area contributed by atoms with Gasteiger partial charge in [0.1, 0.15) is 16.5 Å². The van der Waals surface area contributed by atoms with Gasteiger partial charge in [0.15, 0.2) is 0 Å². The van der Waals surface area contributed by atoms with E-state index >= 15 is 0 Å². The summed E-state index contributed by atoms with van der Waals surface area (Å²) in [5, 5.41) is -0.0935. The molecule has 0 atom stereocenters. The summed E-state index contributed by atoms with van der Waals surface area (Å²) in [7, 11) is 0.